The first-order chi connectivity index (χ1) is 9.65. The normalized spacial score (nSPS) is 17.8. The first-order valence-corrected chi connectivity index (χ1v) is 6.77. The van der Waals surface area contributed by atoms with Crippen molar-refractivity contribution in [3.05, 3.63) is 29.8 Å². The van der Waals surface area contributed by atoms with Crippen LogP contribution < -0.4 is 10.1 Å². The van der Waals surface area contributed by atoms with E-state index in [0.717, 1.165) is 19.4 Å². The third-order valence-corrected chi connectivity index (χ3v) is 3.18. The van der Waals surface area contributed by atoms with Gasteiger partial charge in [0.1, 0.15) is 5.75 Å². The molecule has 0 aromatic heterocycles. The summed E-state index contributed by atoms with van der Waals surface area (Å²) in [5.74, 6) is 0.407. The Bertz CT molecular complexity index is 463. The van der Waals surface area contributed by atoms with Crippen molar-refractivity contribution in [2.45, 2.75) is 25.9 Å². The quantitative estimate of drug-likeness (QED) is 0.801. The van der Waals surface area contributed by atoms with Crippen molar-refractivity contribution in [3.63, 3.8) is 0 Å². The molecule has 1 heterocycles. The Morgan fingerprint density at radius 2 is 2.10 bits per heavy atom. The summed E-state index contributed by atoms with van der Waals surface area (Å²) in [4.78, 5) is 22.7. The molecule has 1 saturated heterocycles. The van der Waals surface area contributed by atoms with Crippen LogP contribution >= 0.6 is 0 Å². The molecule has 1 aliphatic heterocycles. The molecule has 2 rings (SSSR count). The zero-order valence-corrected chi connectivity index (χ0v) is 11.6. The van der Waals surface area contributed by atoms with Crippen molar-refractivity contribution in [2.24, 2.45) is 0 Å². The molecule has 1 amide bonds. The van der Waals surface area contributed by atoms with E-state index in [-0.39, 0.29) is 24.4 Å². The van der Waals surface area contributed by atoms with Gasteiger partial charge < -0.3 is 14.8 Å². The number of amides is 1. The van der Waals surface area contributed by atoms with Crippen molar-refractivity contribution >= 4 is 11.7 Å². The first-order valence-electron chi connectivity index (χ1n) is 6.77. The SMILES string of the molecule is CC(=O)c1ccc(OCC(=O)NCC2CCCO2)cc1. The van der Waals surface area contributed by atoms with Gasteiger partial charge in [0.25, 0.3) is 5.91 Å². The highest BCUT2D eigenvalue weighted by molar-refractivity contribution is 5.94. The lowest BCUT2D eigenvalue weighted by atomic mass is 10.1. The fourth-order valence-corrected chi connectivity index (χ4v) is 2.02. The molecule has 1 atom stereocenters. The van der Waals surface area contributed by atoms with E-state index in [0.29, 0.717) is 17.9 Å². The number of benzene rings is 1. The minimum absolute atomic E-state index is 0.00542. The number of ketones is 1. The number of Topliss-reactive ketones (excluding diaryl/α,β-unsaturated/α-hetero) is 1. The first kappa shape index (κ1) is 14.5. The van der Waals surface area contributed by atoms with E-state index in [4.69, 9.17) is 9.47 Å². The summed E-state index contributed by atoms with van der Waals surface area (Å²) in [6.07, 6.45) is 2.18. The Morgan fingerprint density at radius 1 is 1.35 bits per heavy atom. The van der Waals surface area contributed by atoms with Gasteiger partial charge in [0.2, 0.25) is 0 Å². The van der Waals surface area contributed by atoms with Crippen LogP contribution in [0.5, 0.6) is 5.75 Å². The maximum Gasteiger partial charge on any atom is 0.258 e. The molecule has 1 fully saturated rings. The van der Waals surface area contributed by atoms with Gasteiger partial charge in [-0.3, -0.25) is 9.59 Å². The molecule has 0 spiro atoms. The van der Waals surface area contributed by atoms with Gasteiger partial charge in [0.05, 0.1) is 6.10 Å². The highest BCUT2D eigenvalue weighted by atomic mass is 16.5. The third-order valence-electron chi connectivity index (χ3n) is 3.18. The molecule has 1 aromatic rings. The summed E-state index contributed by atoms with van der Waals surface area (Å²) in [5.41, 5.74) is 0.625. The van der Waals surface area contributed by atoms with E-state index in [9.17, 15) is 9.59 Å². The van der Waals surface area contributed by atoms with Gasteiger partial charge in [0, 0.05) is 18.7 Å². The molecular formula is C15H19NO4. The van der Waals surface area contributed by atoms with Gasteiger partial charge in [-0.05, 0) is 44.0 Å². The number of nitrogens with one attached hydrogen (secondary N) is 1. The molecule has 0 saturated carbocycles. The van der Waals surface area contributed by atoms with Crippen molar-refractivity contribution in [1.82, 2.24) is 5.32 Å². The second kappa shape index (κ2) is 7.05. The summed E-state index contributed by atoms with van der Waals surface area (Å²) in [7, 11) is 0. The highest BCUT2D eigenvalue weighted by Crippen LogP contribution is 2.13. The number of hydrogen-bond acceptors (Lipinski definition) is 4. The van der Waals surface area contributed by atoms with E-state index in [1.54, 1.807) is 24.3 Å². The van der Waals surface area contributed by atoms with Gasteiger partial charge in [-0.25, -0.2) is 0 Å². The zero-order chi connectivity index (χ0) is 14.4. The minimum atomic E-state index is -0.170. The van der Waals surface area contributed by atoms with Crippen LogP contribution in [0.4, 0.5) is 0 Å². The molecule has 1 unspecified atom stereocenters. The predicted octanol–water partition coefficient (Wildman–Crippen LogP) is 1.56. The Balaban J connectivity index is 1.70. The number of ether oxygens (including phenoxy) is 2. The lowest BCUT2D eigenvalue weighted by molar-refractivity contribution is -0.123. The second-order valence-electron chi connectivity index (χ2n) is 4.81. The summed E-state index contributed by atoms with van der Waals surface area (Å²) < 4.78 is 10.8. The lowest BCUT2D eigenvalue weighted by Crippen LogP contribution is -2.35. The fourth-order valence-electron chi connectivity index (χ4n) is 2.02. The largest absolute Gasteiger partial charge is 0.484 e. The Hall–Kier alpha value is -1.88. The van der Waals surface area contributed by atoms with Gasteiger partial charge in [0.15, 0.2) is 12.4 Å². The molecule has 5 heteroatoms. The monoisotopic (exact) mass is 277 g/mol. The Labute approximate surface area is 118 Å². The fraction of sp³-hybridized carbons (Fsp3) is 0.467. The lowest BCUT2D eigenvalue weighted by Gasteiger charge is -2.11. The van der Waals surface area contributed by atoms with E-state index < -0.39 is 0 Å². The van der Waals surface area contributed by atoms with Crippen LogP contribution in [0, 0.1) is 0 Å². The Morgan fingerprint density at radius 3 is 2.70 bits per heavy atom. The van der Waals surface area contributed by atoms with E-state index in [2.05, 4.69) is 5.32 Å². The van der Waals surface area contributed by atoms with Gasteiger partial charge in [-0.1, -0.05) is 0 Å². The standard InChI is InChI=1S/C15H19NO4/c1-11(17)12-4-6-13(7-5-12)20-10-15(18)16-9-14-3-2-8-19-14/h4-7,14H,2-3,8-10H2,1H3,(H,16,18). The van der Waals surface area contributed by atoms with Crippen molar-refractivity contribution in [3.8, 4) is 5.75 Å². The molecule has 5 nitrogen and oxygen atoms in total. The summed E-state index contributed by atoms with van der Waals surface area (Å²) in [6, 6.07) is 6.73. The van der Waals surface area contributed by atoms with Crippen LogP contribution in [-0.4, -0.2) is 37.6 Å². The van der Waals surface area contributed by atoms with Crippen LogP contribution in [0.1, 0.15) is 30.1 Å². The van der Waals surface area contributed by atoms with Crippen molar-refractivity contribution in [1.29, 1.82) is 0 Å². The second-order valence-corrected chi connectivity index (χ2v) is 4.81. The maximum atomic E-state index is 11.6. The number of carbonyl (C=O) groups excluding carboxylic acids is 2. The minimum Gasteiger partial charge on any atom is -0.484 e. The van der Waals surface area contributed by atoms with Gasteiger partial charge >= 0.3 is 0 Å². The molecule has 20 heavy (non-hydrogen) atoms. The smallest absolute Gasteiger partial charge is 0.258 e. The average molecular weight is 277 g/mol. The van der Waals surface area contributed by atoms with E-state index >= 15 is 0 Å². The molecule has 0 bridgehead atoms. The molecule has 0 aliphatic carbocycles. The summed E-state index contributed by atoms with van der Waals surface area (Å²) in [5, 5.41) is 2.78. The van der Waals surface area contributed by atoms with Crippen molar-refractivity contribution in [2.75, 3.05) is 19.8 Å². The molecule has 1 N–H and O–H groups in total. The van der Waals surface area contributed by atoms with Gasteiger partial charge in [-0.15, -0.1) is 0 Å². The molecule has 0 radical (unpaired) electrons. The number of carbonyl (C=O) groups is 2. The predicted molar refractivity (Wildman–Crippen MR) is 73.9 cm³/mol. The van der Waals surface area contributed by atoms with Crippen LogP contribution in [0.15, 0.2) is 24.3 Å². The topological polar surface area (TPSA) is 64.6 Å². The van der Waals surface area contributed by atoms with Crippen molar-refractivity contribution < 1.29 is 19.1 Å². The van der Waals surface area contributed by atoms with E-state index in [1.165, 1.54) is 6.92 Å². The number of hydrogen-bond donors (Lipinski definition) is 1. The number of rotatable bonds is 6. The van der Waals surface area contributed by atoms with E-state index in [1.807, 2.05) is 0 Å². The molecular weight excluding hydrogens is 258 g/mol. The molecule has 108 valence electrons. The highest BCUT2D eigenvalue weighted by Gasteiger charge is 2.16. The average Bonchev–Trinajstić information content (AvgIpc) is 2.96. The third kappa shape index (κ3) is 4.35. The van der Waals surface area contributed by atoms with Crippen LogP contribution in [0.2, 0.25) is 0 Å². The summed E-state index contributed by atoms with van der Waals surface area (Å²) >= 11 is 0. The van der Waals surface area contributed by atoms with Crippen LogP contribution in [-0.2, 0) is 9.53 Å². The molecule has 1 aliphatic rings. The maximum absolute atomic E-state index is 11.6. The summed E-state index contributed by atoms with van der Waals surface area (Å²) in [6.45, 7) is 2.78. The van der Waals surface area contributed by atoms with Gasteiger partial charge in [-0.2, -0.15) is 0 Å². The zero-order valence-electron chi connectivity index (χ0n) is 11.6. The Kier molecular flexibility index (Phi) is 5.12. The van der Waals surface area contributed by atoms with Crippen LogP contribution in [0.25, 0.3) is 0 Å². The molecule has 1 aromatic carbocycles. The van der Waals surface area contributed by atoms with Crippen LogP contribution in [0.3, 0.4) is 0 Å².